The Bertz CT molecular complexity index is 69.3. The van der Waals surface area contributed by atoms with Crippen molar-refractivity contribution in [2.24, 2.45) is 17.8 Å². The van der Waals surface area contributed by atoms with Crippen molar-refractivity contribution in [3.8, 4) is 0 Å². The van der Waals surface area contributed by atoms with E-state index in [-0.39, 0.29) is 0 Å². The van der Waals surface area contributed by atoms with Crippen molar-refractivity contribution in [2.45, 2.75) is 0 Å². The van der Waals surface area contributed by atoms with Gasteiger partial charge in [0, 0.05) is 13.3 Å². The average molecular weight is 462 g/mol. The van der Waals surface area contributed by atoms with Gasteiger partial charge < -0.3 is 0 Å². The van der Waals surface area contributed by atoms with E-state index in [2.05, 4.69) is 67.8 Å². The molecule has 0 bridgehead atoms. The highest BCUT2D eigenvalue weighted by Crippen LogP contribution is 2.49. The maximum absolute atomic E-state index is 2.51. The zero-order valence-corrected chi connectivity index (χ0v) is 11.5. The normalized spacial score (nSPS) is 41.0. The maximum atomic E-state index is 2.51. The summed E-state index contributed by atoms with van der Waals surface area (Å²) in [6, 6.07) is 0. The molecule has 54 valence electrons. The van der Waals surface area contributed by atoms with E-state index in [4.69, 9.17) is 0 Å². The number of rotatable bonds is 3. The Balaban J connectivity index is 2.26. The van der Waals surface area contributed by atoms with Crippen molar-refractivity contribution in [3.63, 3.8) is 0 Å². The zero-order chi connectivity index (χ0) is 6.85. The van der Waals surface area contributed by atoms with Crippen LogP contribution in [0.2, 0.25) is 0 Å². The number of hydrogen-bond donors (Lipinski definition) is 0. The lowest BCUT2D eigenvalue weighted by Crippen LogP contribution is -1.81. The Kier molecular flexibility index (Phi) is 4.41. The van der Waals surface area contributed by atoms with Gasteiger partial charge in [-0.2, -0.15) is 0 Å². The van der Waals surface area contributed by atoms with Crippen molar-refractivity contribution >= 4 is 67.8 Å². The molecular weight excluding hydrogens is 453 g/mol. The minimum atomic E-state index is 1.07. The summed E-state index contributed by atoms with van der Waals surface area (Å²) in [7, 11) is 0. The molecule has 0 aromatic heterocycles. The molecule has 0 aliphatic heterocycles. The Hall–Kier alpha value is 2.19. The molecule has 0 N–H and O–H groups in total. The molecule has 0 spiro atoms. The molecule has 1 saturated carbocycles. The quantitative estimate of drug-likeness (QED) is 0.447. The van der Waals surface area contributed by atoms with E-state index in [1.807, 2.05) is 0 Å². The largest absolute Gasteiger partial charge is 0.0861 e. The van der Waals surface area contributed by atoms with Crippen LogP contribution in [0.3, 0.4) is 0 Å². The average Bonchev–Trinajstić information content (AvgIpc) is 2.59. The molecule has 0 radical (unpaired) electrons. The first-order chi connectivity index (χ1) is 4.35. The second-order valence-corrected chi connectivity index (χ2v) is 5.10. The molecule has 0 amide bonds. The molecule has 3 heteroatoms. The van der Waals surface area contributed by atoms with E-state index >= 15 is 0 Å². The number of halogens is 3. The third kappa shape index (κ3) is 2.07. The van der Waals surface area contributed by atoms with Crippen LogP contribution in [0.1, 0.15) is 0 Å². The molecule has 1 aliphatic rings. The van der Waals surface area contributed by atoms with Gasteiger partial charge in [0.25, 0.3) is 0 Å². The predicted molar refractivity (Wildman–Crippen MR) is 67.1 cm³/mol. The first kappa shape index (κ1) is 9.28. The summed E-state index contributed by atoms with van der Waals surface area (Å²) >= 11 is 7.53. The van der Waals surface area contributed by atoms with Crippen molar-refractivity contribution in [2.75, 3.05) is 13.3 Å². The van der Waals surface area contributed by atoms with Gasteiger partial charge in [0.2, 0.25) is 0 Å². The standard InChI is InChI=1S/C6H9I3/c7-1-4-5(2-8)6(4)3-9/h4-6H,1-3H2. The van der Waals surface area contributed by atoms with Gasteiger partial charge in [-0.25, -0.2) is 0 Å². The Morgan fingerprint density at radius 2 is 0.889 bits per heavy atom. The van der Waals surface area contributed by atoms with Gasteiger partial charge in [0.1, 0.15) is 0 Å². The molecule has 0 atom stereocenters. The van der Waals surface area contributed by atoms with Crippen LogP contribution in [0.15, 0.2) is 0 Å². The van der Waals surface area contributed by atoms with Crippen LogP contribution in [0.25, 0.3) is 0 Å². The third-order valence-electron chi connectivity index (χ3n) is 2.04. The second kappa shape index (κ2) is 4.27. The second-order valence-electron chi connectivity index (χ2n) is 2.45. The molecule has 1 rings (SSSR count). The summed E-state index contributed by atoms with van der Waals surface area (Å²) in [5, 5.41) is 0. The number of alkyl halides is 3. The molecule has 0 saturated heterocycles. The van der Waals surface area contributed by atoms with E-state index < -0.39 is 0 Å². The molecule has 0 heterocycles. The van der Waals surface area contributed by atoms with E-state index in [1.54, 1.807) is 0 Å². The molecule has 1 fully saturated rings. The summed E-state index contributed by atoms with van der Waals surface area (Å²) in [5.41, 5.74) is 0. The van der Waals surface area contributed by atoms with Gasteiger partial charge in [-0.05, 0) is 17.8 Å². The summed E-state index contributed by atoms with van der Waals surface area (Å²) in [5.74, 6) is 3.21. The van der Waals surface area contributed by atoms with Gasteiger partial charge in [-0.1, -0.05) is 67.8 Å². The highest BCUT2D eigenvalue weighted by atomic mass is 127. The molecule has 0 unspecified atom stereocenters. The van der Waals surface area contributed by atoms with Crippen molar-refractivity contribution in [1.29, 1.82) is 0 Å². The van der Waals surface area contributed by atoms with E-state index in [0.717, 1.165) is 17.8 Å². The summed E-state index contributed by atoms with van der Waals surface area (Å²) in [6.07, 6.45) is 0. The minimum Gasteiger partial charge on any atom is -0.0861 e. The van der Waals surface area contributed by atoms with Crippen molar-refractivity contribution in [1.82, 2.24) is 0 Å². The SMILES string of the molecule is ICC1C(CI)C1CI. The monoisotopic (exact) mass is 462 g/mol. The lowest BCUT2D eigenvalue weighted by Gasteiger charge is -1.82. The number of hydrogen-bond acceptors (Lipinski definition) is 0. The van der Waals surface area contributed by atoms with Crippen LogP contribution in [0.4, 0.5) is 0 Å². The minimum absolute atomic E-state index is 1.07. The molecule has 9 heavy (non-hydrogen) atoms. The van der Waals surface area contributed by atoms with Gasteiger partial charge >= 0.3 is 0 Å². The zero-order valence-electron chi connectivity index (χ0n) is 4.99. The van der Waals surface area contributed by atoms with E-state index in [9.17, 15) is 0 Å². The summed E-state index contributed by atoms with van der Waals surface area (Å²) in [6.45, 7) is 0. The van der Waals surface area contributed by atoms with Gasteiger partial charge in [-0.3, -0.25) is 0 Å². The Morgan fingerprint density at radius 1 is 0.667 bits per heavy atom. The van der Waals surface area contributed by atoms with Crippen LogP contribution in [-0.2, 0) is 0 Å². The smallest absolute Gasteiger partial charge is 0.00297 e. The van der Waals surface area contributed by atoms with E-state index in [0.29, 0.717) is 0 Å². The first-order valence-electron chi connectivity index (χ1n) is 3.03. The maximum Gasteiger partial charge on any atom is 0.00297 e. The lowest BCUT2D eigenvalue weighted by molar-refractivity contribution is 0.878. The highest BCUT2D eigenvalue weighted by Gasteiger charge is 2.46. The summed E-state index contributed by atoms with van der Waals surface area (Å²) < 4.78 is 4.12. The molecule has 0 aromatic rings. The fourth-order valence-corrected chi connectivity index (χ4v) is 5.13. The molecular formula is C6H9I3. The summed E-state index contributed by atoms with van der Waals surface area (Å²) in [4.78, 5) is 0. The van der Waals surface area contributed by atoms with Gasteiger partial charge in [0.15, 0.2) is 0 Å². The van der Waals surface area contributed by atoms with Crippen LogP contribution >= 0.6 is 67.8 Å². The highest BCUT2D eigenvalue weighted by molar-refractivity contribution is 14.1. The third-order valence-corrected chi connectivity index (χ3v) is 5.09. The molecule has 0 aromatic carbocycles. The van der Waals surface area contributed by atoms with Gasteiger partial charge in [-0.15, -0.1) is 0 Å². The van der Waals surface area contributed by atoms with Crippen LogP contribution < -0.4 is 0 Å². The predicted octanol–water partition coefficient (Wildman–Crippen LogP) is 3.15. The topological polar surface area (TPSA) is 0 Å². The Labute approximate surface area is 97.3 Å². The fourth-order valence-electron chi connectivity index (χ4n) is 1.21. The molecule has 1 aliphatic carbocycles. The van der Waals surface area contributed by atoms with Crippen molar-refractivity contribution < 1.29 is 0 Å². The Morgan fingerprint density at radius 3 is 1.00 bits per heavy atom. The van der Waals surface area contributed by atoms with Crippen molar-refractivity contribution in [3.05, 3.63) is 0 Å². The van der Waals surface area contributed by atoms with Crippen LogP contribution in [-0.4, -0.2) is 13.3 Å². The van der Waals surface area contributed by atoms with Crippen LogP contribution in [0, 0.1) is 17.8 Å². The fraction of sp³-hybridized carbons (Fsp3) is 1.00. The lowest BCUT2D eigenvalue weighted by atomic mass is 10.4. The van der Waals surface area contributed by atoms with E-state index in [1.165, 1.54) is 13.3 Å². The first-order valence-corrected chi connectivity index (χ1v) is 7.60. The molecule has 0 nitrogen and oxygen atoms in total. The van der Waals surface area contributed by atoms with Gasteiger partial charge in [0.05, 0.1) is 0 Å². The van der Waals surface area contributed by atoms with Crippen LogP contribution in [0.5, 0.6) is 0 Å².